The van der Waals surface area contributed by atoms with E-state index in [1.165, 1.54) is 6.08 Å². The number of ether oxygens (including phenoxy) is 1. The van der Waals surface area contributed by atoms with Crippen LogP contribution in [0.5, 0.6) is 0 Å². The maximum Gasteiger partial charge on any atom is 0.405 e. The molecule has 9 heteroatoms. The Bertz CT molecular complexity index is 492. The number of hydrogen-bond acceptors (Lipinski definition) is 4. The Hall–Kier alpha value is -1.61. The smallest absolute Gasteiger partial charge is 0.394 e. The lowest BCUT2D eigenvalue weighted by molar-refractivity contribution is -0.140. The number of halogens is 3. The minimum Gasteiger partial charge on any atom is -0.394 e. The summed E-state index contributed by atoms with van der Waals surface area (Å²) in [7, 11) is 0. The van der Waals surface area contributed by atoms with Gasteiger partial charge in [0.05, 0.1) is 25.2 Å². The van der Waals surface area contributed by atoms with Gasteiger partial charge < -0.3 is 20.5 Å². The molecule has 0 aromatic heterocycles. The molecule has 0 aromatic carbocycles. The Morgan fingerprint density at radius 3 is 2.46 bits per heavy atom. The third-order valence-corrected chi connectivity index (χ3v) is 3.83. The number of carbonyl (C=O) groups excluding carboxylic acids is 2. The van der Waals surface area contributed by atoms with Crippen molar-refractivity contribution in [3.8, 4) is 0 Å². The van der Waals surface area contributed by atoms with Crippen LogP contribution in [0.2, 0.25) is 0 Å². The Labute approximate surface area is 137 Å². The van der Waals surface area contributed by atoms with Gasteiger partial charge in [-0.1, -0.05) is 12.2 Å². The summed E-state index contributed by atoms with van der Waals surface area (Å²) in [5.41, 5.74) is 0. The van der Waals surface area contributed by atoms with E-state index in [0.29, 0.717) is 12.3 Å². The largest absolute Gasteiger partial charge is 0.405 e. The van der Waals surface area contributed by atoms with E-state index in [1.54, 1.807) is 11.4 Å². The second kappa shape index (κ2) is 7.98. The van der Waals surface area contributed by atoms with Gasteiger partial charge in [0, 0.05) is 6.42 Å². The highest BCUT2D eigenvalue weighted by Crippen LogP contribution is 2.32. The third kappa shape index (κ3) is 6.48. The number of alkyl halides is 3. The first-order valence-electron chi connectivity index (χ1n) is 7.84. The summed E-state index contributed by atoms with van der Waals surface area (Å²) in [5.74, 6) is -0.499. The fraction of sp³-hybridized carbons (Fsp3) is 0.733. The molecule has 0 aromatic rings. The van der Waals surface area contributed by atoms with Crippen LogP contribution < -0.4 is 10.6 Å². The maximum atomic E-state index is 12.0. The molecule has 2 amide bonds. The van der Waals surface area contributed by atoms with Crippen molar-refractivity contribution in [1.29, 1.82) is 0 Å². The van der Waals surface area contributed by atoms with Crippen molar-refractivity contribution in [3.05, 3.63) is 12.2 Å². The molecule has 0 saturated heterocycles. The standard InChI is InChI=1S/C15H21F3N2O4/c16-15(17,18)8-19-13(22)6-10-3-4-11(12(7-21)24-10)20-14(23)5-9-1-2-9/h3-4,9-12,21H,1-2,5-8H2,(H,19,22)(H,20,23)/t10-,11-,12+/m1/s1. The zero-order chi connectivity index (χ0) is 17.7. The van der Waals surface area contributed by atoms with Gasteiger partial charge in [0.1, 0.15) is 12.6 Å². The summed E-state index contributed by atoms with van der Waals surface area (Å²) in [6.45, 7) is -1.77. The quantitative estimate of drug-likeness (QED) is 0.589. The van der Waals surface area contributed by atoms with Crippen molar-refractivity contribution >= 4 is 11.8 Å². The number of nitrogens with one attached hydrogen (secondary N) is 2. The average molecular weight is 350 g/mol. The Morgan fingerprint density at radius 2 is 1.88 bits per heavy atom. The van der Waals surface area contributed by atoms with Gasteiger partial charge in [0.25, 0.3) is 0 Å². The van der Waals surface area contributed by atoms with Crippen molar-refractivity contribution in [2.75, 3.05) is 13.2 Å². The molecule has 1 heterocycles. The SMILES string of the molecule is O=C(C[C@H]1C=C[C@@H](NC(=O)CC2CC2)[C@H](CO)O1)NCC(F)(F)F. The minimum atomic E-state index is -4.47. The van der Waals surface area contributed by atoms with Crippen molar-refractivity contribution < 1.29 is 32.6 Å². The Morgan fingerprint density at radius 1 is 1.17 bits per heavy atom. The number of carbonyl (C=O) groups is 2. The molecule has 136 valence electrons. The molecule has 1 fully saturated rings. The molecule has 0 bridgehead atoms. The molecular formula is C15H21F3N2O4. The highest BCUT2D eigenvalue weighted by Gasteiger charge is 2.32. The van der Waals surface area contributed by atoms with Crippen LogP contribution >= 0.6 is 0 Å². The Kier molecular flexibility index (Phi) is 6.22. The highest BCUT2D eigenvalue weighted by molar-refractivity contribution is 5.77. The third-order valence-electron chi connectivity index (χ3n) is 3.83. The van der Waals surface area contributed by atoms with Gasteiger partial charge in [-0.15, -0.1) is 0 Å². The fourth-order valence-corrected chi connectivity index (χ4v) is 2.42. The second-order valence-corrected chi connectivity index (χ2v) is 6.12. The second-order valence-electron chi connectivity index (χ2n) is 6.12. The van der Waals surface area contributed by atoms with E-state index in [-0.39, 0.29) is 18.9 Å². The predicted molar refractivity (Wildman–Crippen MR) is 77.8 cm³/mol. The first-order chi connectivity index (χ1) is 11.3. The van der Waals surface area contributed by atoms with Gasteiger partial charge in [-0.25, -0.2) is 0 Å². The van der Waals surface area contributed by atoms with E-state index in [1.807, 2.05) is 0 Å². The normalized spacial score (nSPS) is 26.9. The van der Waals surface area contributed by atoms with Crippen LogP contribution in [0.15, 0.2) is 12.2 Å². The van der Waals surface area contributed by atoms with Crippen LogP contribution in [0.4, 0.5) is 13.2 Å². The lowest BCUT2D eigenvalue weighted by Crippen LogP contribution is -2.49. The lowest BCUT2D eigenvalue weighted by Gasteiger charge is -2.31. The molecule has 0 unspecified atom stereocenters. The van der Waals surface area contributed by atoms with Gasteiger partial charge >= 0.3 is 6.18 Å². The van der Waals surface area contributed by atoms with Crippen molar-refractivity contribution in [2.45, 2.75) is 50.1 Å². The lowest BCUT2D eigenvalue weighted by atomic mass is 10.0. The molecule has 24 heavy (non-hydrogen) atoms. The first kappa shape index (κ1) is 18.7. The summed E-state index contributed by atoms with van der Waals surface area (Å²) in [5, 5.41) is 13.9. The van der Waals surface area contributed by atoms with Crippen molar-refractivity contribution in [1.82, 2.24) is 10.6 Å². The fourth-order valence-electron chi connectivity index (χ4n) is 2.42. The molecule has 3 N–H and O–H groups in total. The van der Waals surface area contributed by atoms with Crippen LogP contribution in [0.3, 0.4) is 0 Å². The van der Waals surface area contributed by atoms with Gasteiger partial charge in [0.15, 0.2) is 0 Å². The Balaban J connectivity index is 1.80. The first-order valence-corrected chi connectivity index (χ1v) is 7.84. The summed E-state index contributed by atoms with van der Waals surface area (Å²) < 4.78 is 41.6. The van der Waals surface area contributed by atoms with E-state index < -0.39 is 36.9 Å². The zero-order valence-corrected chi connectivity index (χ0v) is 13.0. The van der Waals surface area contributed by atoms with E-state index in [2.05, 4.69) is 5.32 Å². The van der Waals surface area contributed by atoms with Crippen molar-refractivity contribution in [3.63, 3.8) is 0 Å². The highest BCUT2D eigenvalue weighted by atomic mass is 19.4. The van der Waals surface area contributed by atoms with Gasteiger partial charge in [-0.3, -0.25) is 9.59 Å². The van der Waals surface area contributed by atoms with Crippen LogP contribution in [-0.4, -0.2) is 54.5 Å². The molecule has 2 aliphatic rings. The number of hydrogen-bond donors (Lipinski definition) is 3. The van der Waals surface area contributed by atoms with E-state index in [4.69, 9.17) is 4.74 Å². The average Bonchev–Trinajstić information content (AvgIpc) is 3.30. The predicted octanol–water partition coefficient (Wildman–Crippen LogP) is 0.656. The summed E-state index contributed by atoms with van der Waals surface area (Å²) in [6.07, 6.45) is -0.587. The van der Waals surface area contributed by atoms with Crippen LogP contribution in [0.25, 0.3) is 0 Å². The van der Waals surface area contributed by atoms with Gasteiger partial charge in [-0.2, -0.15) is 13.2 Å². The molecule has 0 radical (unpaired) electrons. The van der Waals surface area contributed by atoms with E-state index in [9.17, 15) is 27.9 Å². The monoisotopic (exact) mass is 350 g/mol. The van der Waals surface area contributed by atoms with E-state index in [0.717, 1.165) is 12.8 Å². The summed E-state index contributed by atoms with van der Waals surface area (Å²) in [4.78, 5) is 23.3. The molecule has 6 nitrogen and oxygen atoms in total. The zero-order valence-electron chi connectivity index (χ0n) is 13.0. The van der Waals surface area contributed by atoms with Crippen LogP contribution in [0.1, 0.15) is 25.7 Å². The molecule has 1 aliphatic carbocycles. The topological polar surface area (TPSA) is 87.7 Å². The van der Waals surface area contributed by atoms with E-state index >= 15 is 0 Å². The number of amides is 2. The van der Waals surface area contributed by atoms with Crippen LogP contribution in [-0.2, 0) is 14.3 Å². The molecule has 3 atom stereocenters. The minimum absolute atomic E-state index is 0.129. The maximum absolute atomic E-state index is 12.0. The van der Waals surface area contributed by atoms with Gasteiger partial charge in [-0.05, 0) is 18.8 Å². The van der Waals surface area contributed by atoms with Crippen LogP contribution in [0, 0.1) is 5.92 Å². The van der Waals surface area contributed by atoms with Crippen molar-refractivity contribution in [2.24, 2.45) is 5.92 Å². The number of rotatable bonds is 7. The molecule has 1 saturated carbocycles. The number of aliphatic hydroxyl groups excluding tert-OH is 1. The summed E-state index contributed by atoms with van der Waals surface area (Å²) >= 11 is 0. The molecular weight excluding hydrogens is 329 g/mol. The summed E-state index contributed by atoms with van der Waals surface area (Å²) in [6, 6.07) is -0.518. The molecule has 0 spiro atoms. The number of aliphatic hydroxyl groups is 1. The molecule has 2 rings (SSSR count). The van der Waals surface area contributed by atoms with Gasteiger partial charge in [0.2, 0.25) is 11.8 Å². The molecule has 1 aliphatic heterocycles.